The topological polar surface area (TPSA) is 168 Å². The van der Waals surface area contributed by atoms with E-state index in [1.165, 1.54) is 42.5 Å². The molecule has 0 aliphatic rings. The fraction of sp³-hybridized carbons (Fsp3) is 0.240. The zero-order valence-corrected chi connectivity index (χ0v) is 20.1. The molecule has 0 radical (unpaired) electrons. The van der Waals surface area contributed by atoms with Gasteiger partial charge in [0, 0.05) is 18.2 Å². The average molecular weight is 530 g/mol. The van der Waals surface area contributed by atoms with E-state index >= 15 is 0 Å². The molecule has 0 atom stereocenters. The summed E-state index contributed by atoms with van der Waals surface area (Å²) in [5, 5.41) is 28.0. The maximum Gasteiger partial charge on any atom is 0.338 e. The number of rotatable bonds is 16. The van der Waals surface area contributed by atoms with Crippen LogP contribution in [0.1, 0.15) is 10.4 Å². The van der Waals surface area contributed by atoms with Gasteiger partial charge in [0.05, 0.1) is 49.2 Å². The first-order valence-electron chi connectivity index (χ1n) is 11.3. The number of nitrogens with one attached hydrogen (secondary N) is 1. The summed E-state index contributed by atoms with van der Waals surface area (Å²) in [7, 11) is 0. The van der Waals surface area contributed by atoms with Gasteiger partial charge >= 0.3 is 5.97 Å². The highest BCUT2D eigenvalue weighted by Gasteiger charge is 2.14. The van der Waals surface area contributed by atoms with E-state index in [1.54, 1.807) is 24.3 Å². The third kappa shape index (κ3) is 9.31. The summed E-state index contributed by atoms with van der Waals surface area (Å²) in [6, 6.07) is 16.3. The van der Waals surface area contributed by atoms with E-state index in [-0.39, 0.29) is 55.8 Å². The quantitative estimate of drug-likeness (QED) is 0.0795. The largest absolute Gasteiger partial charge is 0.460 e. The Balaban J connectivity index is 1.70. The van der Waals surface area contributed by atoms with E-state index in [0.29, 0.717) is 23.8 Å². The molecule has 0 unspecified atom stereocenters. The highest BCUT2D eigenvalue weighted by atomic mass is 17.2. The summed E-state index contributed by atoms with van der Waals surface area (Å²) in [5.74, 6) is 0.560. The number of esters is 1. The minimum atomic E-state index is -0.649. The van der Waals surface area contributed by atoms with Crippen LogP contribution in [0.5, 0.6) is 23.0 Å². The van der Waals surface area contributed by atoms with Crippen molar-refractivity contribution >= 4 is 17.3 Å². The number of nitro benzene ring substituents is 1. The van der Waals surface area contributed by atoms with Crippen LogP contribution in [-0.4, -0.2) is 60.9 Å². The standard InChI is InChI=1S/C25H26N2O11/c28-9-10-33-11-12-34-13-14-35-25(29)18-15-23(36-21-5-1-19(2-6-21)26-38-32)17-24(16-18)37-22-7-3-20(4-8-22)27(30)31/h1-8,15-17,26,28,32H,9-14H2. The lowest BCUT2D eigenvalue weighted by Gasteiger charge is -2.13. The molecule has 0 aromatic heterocycles. The maximum absolute atomic E-state index is 12.7. The zero-order valence-electron chi connectivity index (χ0n) is 20.1. The summed E-state index contributed by atoms with van der Waals surface area (Å²) in [6.07, 6.45) is 0. The normalized spacial score (nSPS) is 10.6. The molecule has 202 valence electrons. The first kappa shape index (κ1) is 28.3. The monoisotopic (exact) mass is 530 g/mol. The number of aliphatic hydroxyl groups excluding tert-OH is 1. The lowest BCUT2D eigenvalue weighted by Crippen LogP contribution is -2.13. The van der Waals surface area contributed by atoms with Crippen molar-refractivity contribution in [1.82, 2.24) is 0 Å². The molecule has 3 rings (SSSR count). The van der Waals surface area contributed by atoms with Crippen LogP contribution in [0, 0.1) is 10.1 Å². The van der Waals surface area contributed by atoms with Gasteiger partial charge < -0.3 is 28.8 Å². The highest BCUT2D eigenvalue weighted by molar-refractivity contribution is 5.90. The summed E-state index contributed by atoms with van der Waals surface area (Å²) in [4.78, 5) is 27.0. The smallest absolute Gasteiger partial charge is 0.338 e. The van der Waals surface area contributed by atoms with Crippen LogP contribution in [0.3, 0.4) is 0 Å². The van der Waals surface area contributed by atoms with Gasteiger partial charge in [-0.3, -0.25) is 10.1 Å². The van der Waals surface area contributed by atoms with Crippen LogP contribution in [0.15, 0.2) is 66.7 Å². The molecule has 13 heteroatoms. The number of anilines is 1. The Labute approximate surface area is 217 Å². The summed E-state index contributed by atoms with van der Waals surface area (Å²) < 4.78 is 27.3. The van der Waals surface area contributed by atoms with Gasteiger partial charge in [-0.15, -0.1) is 4.99 Å². The Morgan fingerprint density at radius 2 is 1.34 bits per heavy atom. The van der Waals surface area contributed by atoms with E-state index in [4.69, 9.17) is 34.0 Å². The minimum Gasteiger partial charge on any atom is -0.460 e. The van der Waals surface area contributed by atoms with E-state index in [1.807, 2.05) is 0 Å². The van der Waals surface area contributed by atoms with Crippen LogP contribution in [0.4, 0.5) is 11.4 Å². The number of ether oxygens (including phenoxy) is 5. The van der Waals surface area contributed by atoms with Gasteiger partial charge in [-0.2, -0.15) is 0 Å². The number of hydrogen-bond donors (Lipinski definition) is 3. The van der Waals surface area contributed by atoms with Crippen molar-refractivity contribution in [2.45, 2.75) is 0 Å². The second-order valence-electron chi connectivity index (χ2n) is 7.45. The van der Waals surface area contributed by atoms with Crippen LogP contribution in [0.2, 0.25) is 0 Å². The van der Waals surface area contributed by atoms with Crippen molar-refractivity contribution in [2.75, 3.05) is 45.1 Å². The van der Waals surface area contributed by atoms with Crippen molar-refractivity contribution in [3.63, 3.8) is 0 Å². The highest BCUT2D eigenvalue weighted by Crippen LogP contribution is 2.32. The Morgan fingerprint density at radius 3 is 1.89 bits per heavy atom. The van der Waals surface area contributed by atoms with Gasteiger partial charge in [-0.05, 0) is 48.5 Å². The molecule has 0 heterocycles. The molecule has 38 heavy (non-hydrogen) atoms. The van der Waals surface area contributed by atoms with Crippen LogP contribution < -0.4 is 15.0 Å². The molecule has 0 spiro atoms. The third-order valence-corrected chi connectivity index (χ3v) is 4.72. The molecule has 3 aromatic rings. The first-order valence-corrected chi connectivity index (χ1v) is 11.3. The van der Waals surface area contributed by atoms with Crippen molar-refractivity contribution in [3.05, 3.63) is 82.4 Å². The van der Waals surface area contributed by atoms with E-state index < -0.39 is 10.9 Å². The molecule has 0 saturated heterocycles. The van der Waals surface area contributed by atoms with Gasteiger partial charge in [0.15, 0.2) is 0 Å². The van der Waals surface area contributed by atoms with Crippen LogP contribution in [-0.2, 0) is 19.2 Å². The third-order valence-electron chi connectivity index (χ3n) is 4.72. The Hall–Kier alpha value is -4.27. The maximum atomic E-state index is 12.7. The fourth-order valence-electron chi connectivity index (χ4n) is 3.02. The molecule has 0 saturated carbocycles. The van der Waals surface area contributed by atoms with Crippen LogP contribution in [0.25, 0.3) is 0 Å². The molecule has 0 bridgehead atoms. The Morgan fingerprint density at radius 1 is 0.789 bits per heavy atom. The van der Waals surface area contributed by atoms with Crippen LogP contribution >= 0.6 is 0 Å². The molecule has 0 amide bonds. The Bertz CT molecular complexity index is 1170. The van der Waals surface area contributed by atoms with E-state index in [0.717, 1.165) is 0 Å². The number of hydrogen-bond acceptors (Lipinski definition) is 12. The number of nitrogens with zero attached hydrogens (tertiary/aromatic N) is 1. The number of carbonyl (C=O) groups is 1. The molecule has 13 nitrogen and oxygen atoms in total. The minimum absolute atomic E-state index is 0.0101. The SMILES string of the molecule is O=C(OCCOCCOCCO)c1cc(Oc2ccc(NOO)cc2)cc(Oc2ccc([N+](=O)[O-])cc2)c1. The lowest BCUT2D eigenvalue weighted by atomic mass is 10.2. The number of benzene rings is 3. The predicted octanol–water partition coefficient (Wildman–Crippen LogP) is 4.18. The number of carbonyl (C=O) groups excluding carboxylic acids is 1. The molecule has 0 aliphatic carbocycles. The average Bonchev–Trinajstić information content (AvgIpc) is 2.91. The zero-order chi connectivity index (χ0) is 27.2. The second kappa shape index (κ2) is 15.1. The van der Waals surface area contributed by atoms with Gasteiger partial charge in [0.25, 0.3) is 5.69 Å². The molecule has 0 fully saturated rings. The van der Waals surface area contributed by atoms with E-state index in [9.17, 15) is 14.9 Å². The summed E-state index contributed by atoms with van der Waals surface area (Å²) in [5.41, 5.74) is 2.78. The Kier molecular flexibility index (Phi) is 11.2. The second-order valence-corrected chi connectivity index (χ2v) is 7.45. The molecule has 3 aromatic carbocycles. The molecule has 0 aliphatic heterocycles. The molecule has 3 N–H and O–H groups in total. The fourth-order valence-corrected chi connectivity index (χ4v) is 3.02. The van der Waals surface area contributed by atoms with Crippen molar-refractivity contribution < 1.29 is 48.8 Å². The van der Waals surface area contributed by atoms with Crippen molar-refractivity contribution in [2.24, 2.45) is 0 Å². The molecular weight excluding hydrogens is 504 g/mol. The predicted molar refractivity (Wildman–Crippen MR) is 132 cm³/mol. The van der Waals surface area contributed by atoms with E-state index in [2.05, 4.69) is 10.5 Å². The van der Waals surface area contributed by atoms with Crippen molar-refractivity contribution in [1.29, 1.82) is 0 Å². The lowest BCUT2D eigenvalue weighted by molar-refractivity contribution is -0.384. The van der Waals surface area contributed by atoms with Gasteiger partial charge in [0.1, 0.15) is 29.6 Å². The van der Waals surface area contributed by atoms with Gasteiger partial charge in [0.2, 0.25) is 0 Å². The van der Waals surface area contributed by atoms with Gasteiger partial charge in [-0.1, -0.05) is 0 Å². The summed E-state index contributed by atoms with van der Waals surface area (Å²) >= 11 is 0. The molecular formula is C25H26N2O11. The number of aliphatic hydroxyl groups is 1. The van der Waals surface area contributed by atoms with Gasteiger partial charge in [-0.25, -0.2) is 15.5 Å². The van der Waals surface area contributed by atoms with Crippen molar-refractivity contribution in [3.8, 4) is 23.0 Å². The number of non-ortho nitro benzene ring substituents is 1. The number of nitro groups is 1. The summed E-state index contributed by atoms with van der Waals surface area (Å²) in [6.45, 7) is 0.878. The first-order chi connectivity index (χ1) is 18.5.